The number of aromatic nitrogens is 3. The van der Waals surface area contributed by atoms with Crippen LogP contribution < -0.4 is 5.32 Å². The smallest absolute Gasteiger partial charge is 0.256 e. The van der Waals surface area contributed by atoms with Crippen LogP contribution in [0.3, 0.4) is 0 Å². The first-order chi connectivity index (χ1) is 13.4. The molecular formula is C22H19FN4O. The Morgan fingerprint density at radius 3 is 2.57 bits per heavy atom. The van der Waals surface area contributed by atoms with Gasteiger partial charge in [-0.05, 0) is 56.7 Å². The van der Waals surface area contributed by atoms with E-state index in [0.29, 0.717) is 33.7 Å². The topological polar surface area (TPSA) is 59.8 Å². The molecule has 140 valence electrons. The van der Waals surface area contributed by atoms with Crippen LogP contribution >= 0.6 is 0 Å². The van der Waals surface area contributed by atoms with Gasteiger partial charge in [-0.15, -0.1) is 0 Å². The number of amides is 1. The number of rotatable bonds is 3. The minimum absolute atomic E-state index is 0.230. The van der Waals surface area contributed by atoms with Gasteiger partial charge in [-0.2, -0.15) is 5.10 Å². The number of anilines is 1. The van der Waals surface area contributed by atoms with Crippen molar-refractivity contribution in [2.75, 3.05) is 5.32 Å². The fourth-order valence-electron chi connectivity index (χ4n) is 3.28. The summed E-state index contributed by atoms with van der Waals surface area (Å²) in [4.78, 5) is 17.6. The molecule has 0 fully saturated rings. The molecule has 0 saturated heterocycles. The third kappa shape index (κ3) is 3.13. The summed E-state index contributed by atoms with van der Waals surface area (Å²) in [6, 6.07) is 15.5. The van der Waals surface area contributed by atoms with Crippen LogP contribution in [0.25, 0.3) is 16.7 Å². The molecule has 5 nitrogen and oxygen atoms in total. The number of benzene rings is 2. The summed E-state index contributed by atoms with van der Waals surface area (Å²) in [5.41, 5.74) is 4.64. The van der Waals surface area contributed by atoms with E-state index >= 15 is 0 Å². The Hall–Kier alpha value is -3.54. The summed E-state index contributed by atoms with van der Waals surface area (Å²) in [6.07, 6.45) is 0. The van der Waals surface area contributed by atoms with E-state index in [-0.39, 0.29) is 11.7 Å². The molecule has 0 aliphatic carbocycles. The van der Waals surface area contributed by atoms with Gasteiger partial charge in [0.25, 0.3) is 5.91 Å². The van der Waals surface area contributed by atoms with Crippen LogP contribution in [0.15, 0.2) is 54.6 Å². The molecule has 0 aliphatic rings. The Kier molecular flexibility index (Phi) is 4.39. The van der Waals surface area contributed by atoms with Crippen LogP contribution in [-0.2, 0) is 0 Å². The average Bonchev–Trinajstić information content (AvgIpc) is 2.99. The number of halogens is 1. The molecule has 0 spiro atoms. The number of nitrogens with zero attached hydrogens (tertiary/aromatic N) is 3. The van der Waals surface area contributed by atoms with Gasteiger partial charge < -0.3 is 5.32 Å². The highest BCUT2D eigenvalue weighted by Gasteiger charge is 2.20. The van der Waals surface area contributed by atoms with Crippen molar-refractivity contribution in [3.63, 3.8) is 0 Å². The Morgan fingerprint density at radius 1 is 1.04 bits per heavy atom. The van der Waals surface area contributed by atoms with E-state index < -0.39 is 0 Å². The van der Waals surface area contributed by atoms with Gasteiger partial charge in [0, 0.05) is 11.4 Å². The van der Waals surface area contributed by atoms with E-state index in [1.165, 1.54) is 12.1 Å². The second kappa shape index (κ2) is 6.88. The highest BCUT2D eigenvalue weighted by Crippen LogP contribution is 2.26. The molecule has 0 aliphatic heterocycles. The van der Waals surface area contributed by atoms with Gasteiger partial charge in [-0.25, -0.2) is 14.1 Å². The van der Waals surface area contributed by atoms with Crippen molar-refractivity contribution >= 4 is 22.6 Å². The number of hydrogen-bond acceptors (Lipinski definition) is 3. The number of pyridine rings is 1. The van der Waals surface area contributed by atoms with E-state index in [0.717, 1.165) is 11.3 Å². The molecule has 2 aromatic carbocycles. The predicted octanol–water partition coefficient (Wildman–Crippen LogP) is 4.74. The van der Waals surface area contributed by atoms with Gasteiger partial charge in [-0.3, -0.25) is 4.79 Å². The molecule has 0 radical (unpaired) electrons. The highest BCUT2D eigenvalue weighted by atomic mass is 19.1. The van der Waals surface area contributed by atoms with Gasteiger partial charge in [0.1, 0.15) is 5.82 Å². The molecule has 4 rings (SSSR count). The Morgan fingerprint density at radius 2 is 1.82 bits per heavy atom. The number of aryl methyl sites for hydroxylation is 3. The molecule has 0 bridgehead atoms. The van der Waals surface area contributed by atoms with Gasteiger partial charge in [-0.1, -0.05) is 24.3 Å². The van der Waals surface area contributed by atoms with Crippen molar-refractivity contribution in [1.82, 2.24) is 14.8 Å². The van der Waals surface area contributed by atoms with Crippen LogP contribution in [0, 0.1) is 26.6 Å². The molecular weight excluding hydrogens is 355 g/mol. The summed E-state index contributed by atoms with van der Waals surface area (Å²) in [5.74, 6) is -0.587. The van der Waals surface area contributed by atoms with E-state index in [2.05, 4.69) is 15.4 Å². The lowest BCUT2D eigenvalue weighted by Gasteiger charge is -2.10. The molecule has 4 aromatic rings. The molecule has 28 heavy (non-hydrogen) atoms. The summed E-state index contributed by atoms with van der Waals surface area (Å²) in [5, 5.41) is 8.14. The maximum atomic E-state index is 13.7. The van der Waals surface area contributed by atoms with E-state index in [1.54, 1.807) is 22.9 Å². The van der Waals surface area contributed by atoms with Crippen molar-refractivity contribution in [3.8, 4) is 5.69 Å². The van der Waals surface area contributed by atoms with Crippen molar-refractivity contribution in [2.24, 2.45) is 0 Å². The maximum Gasteiger partial charge on any atom is 0.256 e. The maximum absolute atomic E-state index is 13.7. The monoisotopic (exact) mass is 374 g/mol. The molecule has 6 heteroatoms. The van der Waals surface area contributed by atoms with Crippen LogP contribution in [0.4, 0.5) is 10.1 Å². The second-order valence-electron chi connectivity index (χ2n) is 6.76. The number of para-hydroxylation sites is 1. The van der Waals surface area contributed by atoms with Crippen molar-refractivity contribution in [1.29, 1.82) is 0 Å². The molecule has 0 atom stereocenters. The number of hydrogen-bond donors (Lipinski definition) is 1. The standard InChI is InChI=1S/C22H19FN4O/c1-13-7-4-5-10-19(13)25-22(28)18-11-14(2)24-21-20(18)15(3)26-27(21)17-9-6-8-16(23)12-17/h4-12H,1-3H3,(H,25,28). The fourth-order valence-corrected chi connectivity index (χ4v) is 3.28. The number of nitrogens with one attached hydrogen (secondary N) is 1. The molecule has 1 N–H and O–H groups in total. The minimum Gasteiger partial charge on any atom is -0.322 e. The quantitative estimate of drug-likeness (QED) is 0.564. The lowest BCUT2D eigenvalue weighted by atomic mass is 10.1. The van der Waals surface area contributed by atoms with Crippen molar-refractivity contribution in [3.05, 3.63) is 82.9 Å². The summed E-state index contributed by atoms with van der Waals surface area (Å²) < 4.78 is 15.3. The first kappa shape index (κ1) is 17.9. The Balaban J connectivity index is 1.86. The highest BCUT2D eigenvalue weighted by molar-refractivity contribution is 6.13. The molecule has 0 unspecified atom stereocenters. The average molecular weight is 374 g/mol. The third-order valence-corrected chi connectivity index (χ3v) is 4.63. The SMILES string of the molecule is Cc1cc(C(=O)Nc2ccccc2C)c2c(C)nn(-c3cccc(F)c3)c2n1. The van der Waals surface area contributed by atoms with E-state index in [9.17, 15) is 9.18 Å². The number of carbonyl (C=O) groups is 1. The van der Waals surface area contributed by atoms with E-state index in [4.69, 9.17) is 0 Å². The minimum atomic E-state index is -0.357. The van der Waals surface area contributed by atoms with Gasteiger partial charge >= 0.3 is 0 Å². The second-order valence-corrected chi connectivity index (χ2v) is 6.76. The summed E-state index contributed by atoms with van der Waals surface area (Å²) in [7, 11) is 0. The molecule has 2 heterocycles. The zero-order valence-electron chi connectivity index (χ0n) is 15.8. The fraction of sp³-hybridized carbons (Fsp3) is 0.136. The Bertz CT molecular complexity index is 1210. The first-order valence-corrected chi connectivity index (χ1v) is 8.94. The number of carbonyl (C=O) groups excluding carboxylic acids is 1. The molecule has 0 saturated carbocycles. The number of fused-ring (bicyclic) bond motifs is 1. The summed E-state index contributed by atoms with van der Waals surface area (Å²) in [6.45, 7) is 5.58. The van der Waals surface area contributed by atoms with Gasteiger partial charge in [0.05, 0.1) is 22.3 Å². The van der Waals surface area contributed by atoms with Crippen molar-refractivity contribution < 1.29 is 9.18 Å². The van der Waals surface area contributed by atoms with E-state index in [1.807, 2.05) is 45.0 Å². The molecule has 1 amide bonds. The van der Waals surface area contributed by atoms with Crippen LogP contribution in [0.5, 0.6) is 0 Å². The van der Waals surface area contributed by atoms with Crippen LogP contribution in [-0.4, -0.2) is 20.7 Å². The zero-order chi connectivity index (χ0) is 19.8. The Labute approximate surface area is 161 Å². The van der Waals surface area contributed by atoms with Crippen LogP contribution in [0.1, 0.15) is 27.3 Å². The van der Waals surface area contributed by atoms with Crippen LogP contribution in [0.2, 0.25) is 0 Å². The molecule has 2 aromatic heterocycles. The summed E-state index contributed by atoms with van der Waals surface area (Å²) >= 11 is 0. The van der Waals surface area contributed by atoms with Gasteiger partial charge in [0.15, 0.2) is 5.65 Å². The lowest BCUT2D eigenvalue weighted by molar-refractivity contribution is 0.102. The largest absolute Gasteiger partial charge is 0.322 e. The normalized spacial score (nSPS) is 11.0. The van der Waals surface area contributed by atoms with Crippen molar-refractivity contribution in [2.45, 2.75) is 20.8 Å². The first-order valence-electron chi connectivity index (χ1n) is 8.94. The van der Waals surface area contributed by atoms with Gasteiger partial charge in [0.2, 0.25) is 0 Å². The predicted molar refractivity (Wildman–Crippen MR) is 107 cm³/mol. The third-order valence-electron chi connectivity index (χ3n) is 4.63. The lowest BCUT2D eigenvalue weighted by Crippen LogP contribution is -2.14. The zero-order valence-corrected chi connectivity index (χ0v) is 15.8.